The molecule has 7 nitrogen and oxygen atoms in total. The predicted octanol–water partition coefficient (Wildman–Crippen LogP) is 3.87. The van der Waals surface area contributed by atoms with Crippen molar-refractivity contribution in [2.75, 3.05) is 17.3 Å². The minimum absolute atomic E-state index is 0.0127. The van der Waals surface area contributed by atoms with Gasteiger partial charge in [-0.2, -0.15) is 0 Å². The van der Waals surface area contributed by atoms with Crippen LogP contribution in [0, 0.1) is 10.1 Å². The number of rotatable bonds is 4. The summed E-state index contributed by atoms with van der Waals surface area (Å²) in [6.45, 7) is 1.49. The lowest BCUT2D eigenvalue weighted by Gasteiger charge is -2.16. The number of amides is 1. The van der Waals surface area contributed by atoms with Crippen molar-refractivity contribution in [3.63, 3.8) is 0 Å². The van der Waals surface area contributed by atoms with Gasteiger partial charge in [-0.05, 0) is 36.4 Å². The highest BCUT2D eigenvalue weighted by Gasteiger charge is 2.15. The van der Waals surface area contributed by atoms with Gasteiger partial charge in [0.1, 0.15) is 5.52 Å². The van der Waals surface area contributed by atoms with Crippen molar-refractivity contribution in [3.05, 3.63) is 64.8 Å². The van der Waals surface area contributed by atoms with E-state index in [9.17, 15) is 14.9 Å². The zero-order valence-electron chi connectivity index (χ0n) is 13.8. The van der Waals surface area contributed by atoms with Crippen LogP contribution in [0.2, 0.25) is 0 Å². The highest BCUT2D eigenvalue weighted by Crippen LogP contribution is 2.32. The predicted molar refractivity (Wildman–Crippen MR) is 97.2 cm³/mol. The van der Waals surface area contributed by atoms with Crippen molar-refractivity contribution in [1.29, 1.82) is 0 Å². The SMILES string of the molecule is CC(=O)N(C)c1cccc(Nc2ccc([N+](=O)[O-])c3cccnc23)c1. The van der Waals surface area contributed by atoms with E-state index in [1.165, 1.54) is 17.9 Å². The first kappa shape index (κ1) is 16.4. The van der Waals surface area contributed by atoms with Gasteiger partial charge in [-0.25, -0.2) is 0 Å². The fraction of sp³-hybridized carbons (Fsp3) is 0.111. The van der Waals surface area contributed by atoms with E-state index in [0.717, 1.165) is 11.4 Å². The quantitative estimate of drug-likeness (QED) is 0.577. The molecule has 1 N–H and O–H groups in total. The minimum Gasteiger partial charge on any atom is -0.354 e. The molecule has 0 spiro atoms. The van der Waals surface area contributed by atoms with E-state index in [1.54, 1.807) is 31.4 Å². The topological polar surface area (TPSA) is 88.4 Å². The Morgan fingerprint density at radius 2 is 2.00 bits per heavy atom. The third-order valence-corrected chi connectivity index (χ3v) is 3.93. The van der Waals surface area contributed by atoms with E-state index in [-0.39, 0.29) is 11.6 Å². The second-order valence-electron chi connectivity index (χ2n) is 5.54. The van der Waals surface area contributed by atoms with Crippen LogP contribution < -0.4 is 10.2 Å². The van der Waals surface area contributed by atoms with E-state index < -0.39 is 4.92 Å². The molecule has 3 rings (SSSR count). The number of nitro benzene ring substituents is 1. The number of carbonyl (C=O) groups excluding carboxylic acids is 1. The van der Waals surface area contributed by atoms with E-state index in [4.69, 9.17) is 0 Å². The van der Waals surface area contributed by atoms with Crippen LogP contribution in [0.25, 0.3) is 10.9 Å². The van der Waals surface area contributed by atoms with Crippen molar-refractivity contribution >= 4 is 39.6 Å². The Kier molecular flexibility index (Phi) is 4.30. The monoisotopic (exact) mass is 336 g/mol. The van der Waals surface area contributed by atoms with Crippen molar-refractivity contribution < 1.29 is 9.72 Å². The number of nitrogens with one attached hydrogen (secondary N) is 1. The number of carbonyl (C=O) groups is 1. The standard InChI is InChI=1S/C18H16N4O3/c1-12(23)21(2)14-6-3-5-13(11-14)20-16-8-9-17(22(24)25)15-7-4-10-19-18(15)16/h3-11,20H,1-2H3. The van der Waals surface area contributed by atoms with Gasteiger partial charge < -0.3 is 10.2 Å². The molecule has 0 aliphatic rings. The first-order valence-electron chi connectivity index (χ1n) is 7.61. The number of benzene rings is 2. The Balaban J connectivity index is 2.02. The zero-order valence-corrected chi connectivity index (χ0v) is 13.8. The van der Waals surface area contributed by atoms with Crippen LogP contribution in [-0.4, -0.2) is 22.9 Å². The molecule has 7 heteroatoms. The Morgan fingerprint density at radius 3 is 2.72 bits per heavy atom. The normalized spacial score (nSPS) is 10.5. The fourth-order valence-corrected chi connectivity index (χ4v) is 2.55. The molecule has 0 fully saturated rings. The maximum absolute atomic E-state index is 11.5. The van der Waals surface area contributed by atoms with Gasteiger partial charge in [0.25, 0.3) is 5.69 Å². The first-order valence-corrected chi connectivity index (χ1v) is 7.61. The Labute approximate surface area is 144 Å². The van der Waals surface area contributed by atoms with Crippen LogP contribution in [0.15, 0.2) is 54.7 Å². The average molecular weight is 336 g/mol. The second kappa shape index (κ2) is 6.56. The van der Waals surface area contributed by atoms with Crippen molar-refractivity contribution in [3.8, 4) is 0 Å². The van der Waals surface area contributed by atoms with Crippen molar-refractivity contribution in [2.24, 2.45) is 0 Å². The molecule has 0 saturated carbocycles. The number of non-ortho nitro benzene ring substituents is 1. The number of nitrogens with zero attached hydrogens (tertiary/aromatic N) is 3. The molecule has 0 aliphatic carbocycles. The second-order valence-corrected chi connectivity index (χ2v) is 5.54. The first-order chi connectivity index (χ1) is 12.0. The molecule has 0 saturated heterocycles. The molecule has 1 amide bonds. The van der Waals surface area contributed by atoms with Crippen LogP contribution in [0.4, 0.5) is 22.7 Å². The summed E-state index contributed by atoms with van der Waals surface area (Å²) < 4.78 is 0. The largest absolute Gasteiger partial charge is 0.354 e. The van der Waals surface area contributed by atoms with Crippen molar-refractivity contribution in [2.45, 2.75) is 6.92 Å². The number of aromatic nitrogens is 1. The smallest absolute Gasteiger partial charge is 0.278 e. The van der Waals surface area contributed by atoms with Crippen LogP contribution in [0.3, 0.4) is 0 Å². The van der Waals surface area contributed by atoms with Gasteiger partial charge in [0.05, 0.1) is 16.0 Å². The van der Waals surface area contributed by atoms with Crippen molar-refractivity contribution in [1.82, 2.24) is 4.98 Å². The lowest BCUT2D eigenvalue weighted by molar-refractivity contribution is -0.383. The summed E-state index contributed by atoms with van der Waals surface area (Å²) in [6.07, 6.45) is 1.59. The van der Waals surface area contributed by atoms with E-state index in [0.29, 0.717) is 16.6 Å². The maximum atomic E-state index is 11.5. The molecule has 0 bridgehead atoms. The van der Waals surface area contributed by atoms with Gasteiger partial charge >= 0.3 is 0 Å². The number of hydrogen-bond acceptors (Lipinski definition) is 5. The Bertz CT molecular complexity index is 971. The lowest BCUT2D eigenvalue weighted by Crippen LogP contribution is -2.22. The lowest BCUT2D eigenvalue weighted by atomic mass is 10.1. The van der Waals surface area contributed by atoms with Gasteiger partial charge in [0.2, 0.25) is 5.91 Å². The third kappa shape index (κ3) is 3.25. The molecule has 1 aromatic heterocycles. The summed E-state index contributed by atoms with van der Waals surface area (Å²) in [5, 5.41) is 14.9. The van der Waals surface area contributed by atoms with Crippen LogP contribution in [0.1, 0.15) is 6.92 Å². The van der Waals surface area contributed by atoms with Gasteiger partial charge in [-0.3, -0.25) is 19.9 Å². The summed E-state index contributed by atoms with van der Waals surface area (Å²) in [7, 11) is 1.70. The number of fused-ring (bicyclic) bond motifs is 1. The molecule has 25 heavy (non-hydrogen) atoms. The molecular weight excluding hydrogens is 320 g/mol. The summed E-state index contributed by atoms with van der Waals surface area (Å²) in [4.78, 5) is 28.1. The number of hydrogen-bond donors (Lipinski definition) is 1. The van der Waals surface area contributed by atoms with Gasteiger partial charge in [-0.1, -0.05) is 6.07 Å². The van der Waals surface area contributed by atoms with E-state index in [1.807, 2.05) is 24.3 Å². The van der Waals surface area contributed by atoms with Crippen LogP contribution >= 0.6 is 0 Å². The summed E-state index contributed by atoms with van der Waals surface area (Å²) >= 11 is 0. The third-order valence-electron chi connectivity index (χ3n) is 3.93. The number of anilines is 3. The van der Waals surface area contributed by atoms with Crippen LogP contribution in [0.5, 0.6) is 0 Å². The molecule has 1 heterocycles. The number of pyridine rings is 1. The van der Waals surface area contributed by atoms with Gasteiger partial charge in [0, 0.05) is 37.6 Å². The minimum atomic E-state index is -0.420. The van der Waals surface area contributed by atoms with E-state index >= 15 is 0 Å². The number of nitro groups is 1. The maximum Gasteiger partial charge on any atom is 0.278 e. The molecule has 0 aliphatic heterocycles. The summed E-state index contributed by atoms with van der Waals surface area (Å²) in [5.41, 5.74) is 2.69. The Hall–Kier alpha value is -3.48. The van der Waals surface area contributed by atoms with Gasteiger partial charge in [0.15, 0.2) is 0 Å². The van der Waals surface area contributed by atoms with Crippen LogP contribution in [-0.2, 0) is 4.79 Å². The summed E-state index contributed by atoms with van der Waals surface area (Å²) in [5.74, 6) is -0.0698. The molecule has 2 aromatic carbocycles. The molecule has 0 unspecified atom stereocenters. The average Bonchev–Trinajstić information content (AvgIpc) is 2.61. The molecule has 126 valence electrons. The molecule has 0 atom stereocenters. The summed E-state index contributed by atoms with van der Waals surface area (Å²) in [6, 6.07) is 13.8. The molecule has 0 radical (unpaired) electrons. The van der Waals surface area contributed by atoms with E-state index in [2.05, 4.69) is 10.3 Å². The highest BCUT2D eigenvalue weighted by atomic mass is 16.6. The van der Waals surface area contributed by atoms with Gasteiger partial charge in [-0.15, -0.1) is 0 Å². The molecular formula is C18H16N4O3. The fourth-order valence-electron chi connectivity index (χ4n) is 2.55. The Morgan fingerprint density at radius 1 is 1.20 bits per heavy atom. The molecule has 3 aromatic rings. The highest BCUT2D eigenvalue weighted by molar-refractivity contribution is 5.98. The zero-order chi connectivity index (χ0) is 18.0.